The fourth-order valence-electron chi connectivity index (χ4n) is 8.61. The predicted octanol–water partition coefficient (Wildman–Crippen LogP) is 12.8. The normalized spacial score (nSPS) is 21.3. The van der Waals surface area contributed by atoms with Gasteiger partial charge < -0.3 is 29.2 Å². The van der Waals surface area contributed by atoms with Gasteiger partial charge >= 0.3 is 7.82 Å². The SMILES string of the molecule is CCCCCCCCCCCCCCCCCC[C@@H](COP(=O)(OC[C@@]1(C#N)O[C@@H](c2ccc3c(N)ncnn23)C2OC(C)(C)OC21)Oc1ccccc1Cl)OCc1cc(Cl)cc(C#N)c1. The van der Waals surface area contributed by atoms with Gasteiger partial charge in [0, 0.05) is 5.02 Å². The minimum atomic E-state index is -4.62. The number of hydrogen-bond acceptors (Lipinski definition) is 13. The summed E-state index contributed by atoms with van der Waals surface area (Å²) < 4.78 is 60.3. The van der Waals surface area contributed by atoms with Crippen LogP contribution >= 0.6 is 31.0 Å². The summed E-state index contributed by atoms with van der Waals surface area (Å²) in [4.78, 5) is 4.08. The van der Waals surface area contributed by atoms with Gasteiger partial charge in [-0.25, -0.2) is 14.1 Å². The van der Waals surface area contributed by atoms with Gasteiger partial charge in [0.15, 0.2) is 11.6 Å². The standard InChI is InChI=1S/C49H65Cl2N6O8P/c1-4-5-6-7-8-9-10-11-12-13-14-15-16-17-18-19-22-39(59-31-37-27-36(30-52)28-38(50)29-37)32-60-66(58,65-43-24-21-20-23-40(43)51)61-34-49(33-53)46-45(62-48(2,3)64-46)44(63-49)41-25-26-42-47(54)55-35-56-57(41)42/h20-21,23-29,35,39,44-46H,4-19,22,31-32,34H2,1-3H3,(H2,54,55,56)/t39-,44-,45?,46?,49+,66?/m0/s1. The maximum atomic E-state index is 14.9. The second kappa shape index (κ2) is 25.0. The second-order valence-electron chi connectivity index (χ2n) is 17.8. The van der Waals surface area contributed by atoms with Gasteiger partial charge in [0.25, 0.3) is 0 Å². The number of phosphoric ester groups is 1. The van der Waals surface area contributed by atoms with Crippen molar-refractivity contribution in [3.8, 4) is 17.9 Å². The van der Waals surface area contributed by atoms with Crippen molar-refractivity contribution in [3.05, 3.63) is 87.8 Å². The predicted molar refractivity (Wildman–Crippen MR) is 254 cm³/mol. The summed E-state index contributed by atoms with van der Waals surface area (Å²) in [6, 6.07) is 19.4. The van der Waals surface area contributed by atoms with Crippen LogP contribution in [0.4, 0.5) is 5.82 Å². The zero-order valence-electron chi connectivity index (χ0n) is 38.5. The lowest BCUT2D eigenvalue weighted by molar-refractivity contribution is -0.204. The molecule has 17 heteroatoms. The molecule has 2 N–H and O–H groups in total. The first kappa shape index (κ1) is 51.6. The molecule has 14 nitrogen and oxygen atoms in total. The summed E-state index contributed by atoms with van der Waals surface area (Å²) in [5, 5.41) is 25.4. The van der Waals surface area contributed by atoms with E-state index in [0.29, 0.717) is 33.8 Å². The Bertz CT molecular complexity index is 2300. The van der Waals surface area contributed by atoms with Crippen LogP contribution < -0.4 is 10.3 Å². The molecule has 2 aliphatic rings. The van der Waals surface area contributed by atoms with E-state index in [2.05, 4.69) is 29.1 Å². The summed E-state index contributed by atoms with van der Waals surface area (Å²) >= 11 is 12.8. The number of unbranched alkanes of at least 4 members (excludes halogenated alkanes) is 15. The van der Waals surface area contributed by atoms with Crippen LogP contribution in [-0.4, -0.2) is 57.5 Å². The first-order chi connectivity index (χ1) is 31.9. The number of nitrogens with zero attached hydrogens (tertiary/aromatic N) is 5. The molecule has 0 bridgehead atoms. The van der Waals surface area contributed by atoms with Crippen molar-refractivity contribution in [2.75, 3.05) is 18.9 Å². The van der Waals surface area contributed by atoms with Gasteiger partial charge in [-0.3, -0.25) is 9.05 Å². The van der Waals surface area contributed by atoms with Crippen molar-refractivity contribution in [1.29, 1.82) is 10.5 Å². The smallest absolute Gasteiger partial charge is 0.402 e. The van der Waals surface area contributed by atoms with Crippen LogP contribution in [-0.2, 0) is 39.2 Å². The van der Waals surface area contributed by atoms with E-state index in [-0.39, 0.29) is 29.8 Å². The highest BCUT2D eigenvalue weighted by atomic mass is 35.5. The zero-order chi connectivity index (χ0) is 47.0. The van der Waals surface area contributed by atoms with Crippen LogP contribution in [0.15, 0.2) is 60.9 Å². The Kier molecular flexibility index (Phi) is 19.5. The first-order valence-electron chi connectivity index (χ1n) is 23.6. The summed E-state index contributed by atoms with van der Waals surface area (Å²) in [5.74, 6) is -0.799. The molecule has 2 fully saturated rings. The van der Waals surface area contributed by atoms with Gasteiger partial charge in [-0.05, 0) is 68.3 Å². The van der Waals surface area contributed by atoms with E-state index in [1.165, 1.54) is 89.4 Å². The van der Waals surface area contributed by atoms with E-state index in [1.54, 1.807) is 66.9 Å². The zero-order valence-corrected chi connectivity index (χ0v) is 40.9. The van der Waals surface area contributed by atoms with Crippen LogP contribution in [0, 0.1) is 22.7 Å². The van der Waals surface area contributed by atoms with E-state index >= 15 is 0 Å². The van der Waals surface area contributed by atoms with Crippen LogP contribution in [0.5, 0.6) is 5.75 Å². The molecule has 6 rings (SSSR count). The molecule has 6 atom stereocenters. The molecule has 3 unspecified atom stereocenters. The van der Waals surface area contributed by atoms with Gasteiger partial charge in [0.2, 0.25) is 5.60 Å². The number of rotatable bonds is 29. The number of anilines is 1. The maximum Gasteiger partial charge on any atom is 0.530 e. The van der Waals surface area contributed by atoms with Crippen molar-refractivity contribution >= 4 is 42.4 Å². The van der Waals surface area contributed by atoms with Gasteiger partial charge in [-0.1, -0.05) is 145 Å². The molecule has 0 spiro atoms. The van der Waals surface area contributed by atoms with Gasteiger partial charge in [0.1, 0.15) is 48.6 Å². The van der Waals surface area contributed by atoms with Crippen molar-refractivity contribution in [1.82, 2.24) is 14.6 Å². The highest BCUT2D eigenvalue weighted by molar-refractivity contribution is 7.49. The van der Waals surface area contributed by atoms with Crippen molar-refractivity contribution in [2.45, 2.75) is 172 Å². The molecule has 2 saturated heterocycles. The average molecular weight is 968 g/mol. The number of benzene rings is 2. The Balaban J connectivity index is 1.11. The minimum absolute atomic E-state index is 0.0494. The van der Waals surface area contributed by atoms with Gasteiger partial charge in [-0.2, -0.15) is 15.6 Å². The van der Waals surface area contributed by atoms with Crippen LogP contribution in [0.25, 0.3) is 5.52 Å². The highest BCUT2D eigenvalue weighted by Crippen LogP contribution is 2.55. The summed E-state index contributed by atoms with van der Waals surface area (Å²) in [6.07, 6.45) is 18.6. The van der Waals surface area contributed by atoms with E-state index in [9.17, 15) is 15.1 Å². The lowest BCUT2D eigenvalue weighted by Crippen LogP contribution is -2.46. The molecule has 0 radical (unpaired) electrons. The number of phosphoric acid groups is 1. The fourth-order valence-corrected chi connectivity index (χ4v) is 10.4. The molecule has 0 saturated carbocycles. The number of nitrogens with two attached hydrogens (primary N) is 1. The van der Waals surface area contributed by atoms with Crippen molar-refractivity contribution < 1.29 is 37.1 Å². The molecule has 4 aromatic rings. The Morgan fingerprint density at radius 2 is 1.53 bits per heavy atom. The molecule has 4 heterocycles. The molecule has 66 heavy (non-hydrogen) atoms. The summed E-state index contributed by atoms with van der Waals surface area (Å²) in [5.41, 5.74) is 6.46. The minimum Gasteiger partial charge on any atom is -0.402 e. The number of nitriles is 2. The van der Waals surface area contributed by atoms with Crippen molar-refractivity contribution in [3.63, 3.8) is 0 Å². The number of para-hydroxylation sites is 1. The van der Waals surface area contributed by atoms with E-state index in [4.69, 9.17) is 61.5 Å². The largest absolute Gasteiger partial charge is 0.530 e. The average Bonchev–Trinajstić information content (AvgIpc) is 3.97. The number of fused-ring (bicyclic) bond motifs is 2. The molecule has 0 aliphatic carbocycles. The molecule has 2 aromatic carbocycles. The number of hydrogen-bond donors (Lipinski definition) is 1. The second-order valence-corrected chi connectivity index (χ2v) is 20.2. The lowest BCUT2D eigenvalue weighted by atomic mass is 9.96. The monoisotopic (exact) mass is 966 g/mol. The molecular weight excluding hydrogens is 902 g/mol. The van der Waals surface area contributed by atoms with Crippen LogP contribution in [0.3, 0.4) is 0 Å². The topological polar surface area (TPSA) is 185 Å². The van der Waals surface area contributed by atoms with E-state index in [0.717, 1.165) is 25.7 Å². The molecular formula is C49H65Cl2N6O8P. The Morgan fingerprint density at radius 1 is 0.864 bits per heavy atom. The third kappa shape index (κ3) is 14.4. The summed E-state index contributed by atoms with van der Waals surface area (Å²) in [7, 11) is -4.62. The summed E-state index contributed by atoms with van der Waals surface area (Å²) in [6.45, 7) is 5.04. The number of nitrogen functional groups attached to an aromatic ring is 1. The third-order valence-corrected chi connectivity index (χ3v) is 13.9. The maximum absolute atomic E-state index is 14.9. The first-order valence-corrected chi connectivity index (χ1v) is 25.8. The molecule has 2 aromatic heterocycles. The van der Waals surface area contributed by atoms with Crippen LogP contribution in [0.2, 0.25) is 10.0 Å². The molecule has 2 aliphatic heterocycles. The van der Waals surface area contributed by atoms with E-state index < -0.39 is 50.2 Å². The van der Waals surface area contributed by atoms with Crippen LogP contribution in [0.1, 0.15) is 153 Å². The fraction of sp³-hybridized carbons (Fsp3) is 0.592. The number of ether oxygens (including phenoxy) is 4. The highest BCUT2D eigenvalue weighted by Gasteiger charge is 2.65. The molecule has 358 valence electrons. The number of halogens is 2. The Morgan fingerprint density at radius 3 is 2.18 bits per heavy atom. The Hall–Kier alpha value is -3.79. The van der Waals surface area contributed by atoms with Gasteiger partial charge in [-0.15, -0.1) is 0 Å². The quantitative estimate of drug-likeness (QED) is 0.0401. The lowest BCUT2D eigenvalue weighted by Gasteiger charge is -2.30. The van der Waals surface area contributed by atoms with E-state index in [1.807, 2.05) is 0 Å². The van der Waals surface area contributed by atoms with Gasteiger partial charge in [0.05, 0.1) is 41.7 Å². The number of aromatic nitrogens is 3. The third-order valence-electron chi connectivity index (χ3n) is 12.1. The Labute approximate surface area is 399 Å². The molecule has 0 amide bonds. The van der Waals surface area contributed by atoms with Crippen molar-refractivity contribution in [2.24, 2.45) is 0 Å².